The van der Waals surface area contributed by atoms with Crippen molar-refractivity contribution in [3.8, 4) is 0 Å². The van der Waals surface area contributed by atoms with Gasteiger partial charge in [0.05, 0.1) is 0 Å². The highest BCUT2D eigenvalue weighted by Crippen LogP contribution is 2.18. The second-order valence-corrected chi connectivity index (χ2v) is 2.62. The molecular weight excluding hydrogens is 154 g/mol. The number of hydrogen-bond acceptors (Lipinski definition) is 4. The number of rotatable bonds is 3. The molecule has 4 heteroatoms. The van der Waals surface area contributed by atoms with Crippen LogP contribution < -0.4 is 11.5 Å². The van der Waals surface area contributed by atoms with Gasteiger partial charge in [-0.2, -0.15) is 0 Å². The first-order chi connectivity index (χ1) is 5.75. The molecular formula is C8H13N3O. The first-order valence-electron chi connectivity index (χ1n) is 3.81. The SMILES string of the molecule is Nc1ccncc1[C@H](N)CCO. The van der Waals surface area contributed by atoms with Crippen LogP contribution in [0.25, 0.3) is 0 Å². The Kier molecular flexibility index (Phi) is 3.01. The Hall–Kier alpha value is -1.13. The van der Waals surface area contributed by atoms with Crippen LogP contribution in [0.5, 0.6) is 0 Å². The van der Waals surface area contributed by atoms with E-state index in [1.807, 2.05) is 0 Å². The van der Waals surface area contributed by atoms with E-state index in [4.69, 9.17) is 16.6 Å². The topological polar surface area (TPSA) is 85.2 Å². The van der Waals surface area contributed by atoms with Gasteiger partial charge < -0.3 is 16.6 Å². The van der Waals surface area contributed by atoms with Crippen LogP contribution in [0.15, 0.2) is 18.5 Å². The molecule has 0 unspecified atom stereocenters. The molecule has 0 aliphatic carbocycles. The standard InChI is InChI=1S/C8H13N3O/c9-7-1-3-11-5-6(7)8(10)2-4-12/h1,3,5,8,12H,2,4,10H2,(H2,9,11)/t8-/m1/s1. The summed E-state index contributed by atoms with van der Waals surface area (Å²) in [6.07, 6.45) is 3.76. The summed E-state index contributed by atoms with van der Waals surface area (Å²) in [6, 6.07) is 1.48. The lowest BCUT2D eigenvalue weighted by atomic mass is 10.1. The summed E-state index contributed by atoms with van der Waals surface area (Å²) >= 11 is 0. The summed E-state index contributed by atoms with van der Waals surface area (Å²) in [4.78, 5) is 3.91. The molecule has 0 bridgehead atoms. The predicted molar refractivity (Wildman–Crippen MR) is 47.3 cm³/mol. The lowest BCUT2D eigenvalue weighted by Crippen LogP contribution is -2.14. The second-order valence-electron chi connectivity index (χ2n) is 2.62. The maximum absolute atomic E-state index is 8.65. The molecule has 0 radical (unpaired) electrons. The smallest absolute Gasteiger partial charge is 0.0449 e. The monoisotopic (exact) mass is 167 g/mol. The first-order valence-corrected chi connectivity index (χ1v) is 3.81. The average Bonchev–Trinajstić information content (AvgIpc) is 2.05. The van der Waals surface area contributed by atoms with Gasteiger partial charge in [0.25, 0.3) is 0 Å². The maximum Gasteiger partial charge on any atom is 0.0449 e. The Labute approximate surface area is 71.2 Å². The summed E-state index contributed by atoms with van der Waals surface area (Å²) in [5.74, 6) is 0. The van der Waals surface area contributed by atoms with E-state index in [0.717, 1.165) is 5.56 Å². The Bertz CT molecular complexity index is 252. The quantitative estimate of drug-likeness (QED) is 0.593. The molecule has 1 atom stereocenters. The molecule has 0 aromatic carbocycles. The summed E-state index contributed by atoms with van der Waals surface area (Å²) in [5.41, 5.74) is 12.8. The second kappa shape index (κ2) is 4.04. The van der Waals surface area contributed by atoms with Crippen LogP contribution in [0, 0.1) is 0 Å². The Morgan fingerprint density at radius 1 is 1.58 bits per heavy atom. The molecule has 0 spiro atoms. The average molecular weight is 167 g/mol. The number of aliphatic hydroxyl groups is 1. The van der Waals surface area contributed by atoms with Crippen LogP contribution in [0.4, 0.5) is 5.69 Å². The van der Waals surface area contributed by atoms with Crippen LogP contribution in [-0.4, -0.2) is 16.7 Å². The summed E-state index contributed by atoms with van der Waals surface area (Å²) in [7, 11) is 0. The molecule has 4 nitrogen and oxygen atoms in total. The molecule has 0 aliphatic heterocycles. The van der Waals surface area contributed by atoms with Gasteiger partial charge in [0.1, 0.15) is 0 Å². The van der Waals surface area contributed by atoms with Crippen molar-refractivity contribution >= 4 is 5.69 Å². The fourth-order valence-corrected chi connectivity index (χ4v) is 1.02. The van der Waals surface area contributed by atoms with E-state index in [1.54, 1.807) is 18.5 Å². The predicted octanol–water partition coefficient (Wildman–Crippen LogP) is 0.0460. The molecule has 5 N–H and O–H groups in total. The Morgan fingerprint density at radius 3 is 2.92 bits per heavy atom. The highest BCUT2D eigenvalue weighted by atomic mass is 16.3. The Morgan fingerprint density at radius 2 is 2.33 bits per heavy atom. The van der Waals surface area contributed by atoms with E-state index >= 15 is 0 Å². The number of anilines is 1. The van der Waals surface area contributed by atoms with E-state index < -0.39 is 0 Å². The summed E-state index contributed by atoms with van der Waals surface area (Å²) in [5, 5.41) is 8.65. The molecule has 12 heavy (non-hydrogen) atoms. The van der Waals surface area contributed by atoms with Crippen LogP contribution in [0.1, 0.15) is 18.0 Å². The molecule has 0 fully saturated rings. The summed E-state index contributed by atoms with van der Waals surface area (Å²) < 4.78 is 0. The van der Waals surface area contributed by atoms with Crippen LogP contribution in [0.2, 0.25) is 0 Å². The first kappa shape index (κ1) is 8.96. The zero-order valence-corrected chi connectivity index (χ0v) is 6.77. The van der Waals surface area contributed by atoms with E-state index in [-0.39, 0.29) is 12.6 Å². The van der Waals surface area contributed by atoms with E-state index in [0.29, 0.717) is 12.1 Å². The third-order valence-corrected chi connectivity index (χ3v) is 1.73. The van der Waals surface area contributed by atoms with Crippen LogP contribution >= 0.6 is 0 Å². The Balaban J connectivity index is 2.79. The van der Waals surface area contributed by atoms with Crippen molar-refractivity contribution in [1.82, 2.24) is 4.98 Å². The minimum Gasteiger partial charge on any atom is -0.398 e. The molecule has 1 rings (SSSR count). The van der Waals surface area contributed by atoms with Gasteiger partial charge in [-0.25, -0.2) is 0 Å². The molecule has 0 amide bonds. The summed E-state index contributed by atoms with van der Waals surface area (Å²) in [6.45, 7) is 0.0650. The zero-order chi connectivity index (χ0) is 8.97. The number of pyridine rings is 1. The molecule has 1 aromatic rings. The number of aromatic nitrogens is 1. The van der Waals surface area contributed by atoms with Gasteiger partial charge in [0.2, 0.25) is 0 Å². The van der Waals surface area contributed by atoms with Crippen molar-refractivity contribution in [3.05, 3.63) is 24.0 Å². The van der Waals surface area contributed by atoms with Gasteiger partial charge in [0, 0.05) is 36.3 Å². The van der Waals surface area contributed by atoms with Gasteiger partial charge in [0.15, 0.2) is 0 Å². The highest BCUT2D eigenvalue weighted by molar-refractivity contribution is 5.45. The maximum atomic E-state index is 8.65. The lowest BCUT2D eigenvalue weighted by Gasteiger charge is -2.11. The van der Waals surface area contributed by atoms with E-state index in [9.17, 15) is 0 Å². The van der Waals surface area contributed by atoms with Gasteiger partial charge in [-0.3, -0.25) is 4.98 Å². The van der Waals surface area contributed by atoms with Crippen molar-refractivity contribution < 1.29 is 5.11 Å². The molecule has 0 saturated carbocycles. The number of nitrogens with two attached hydrogens (primary N) is 2. The van der Waals surface area contributed by atoms with Crippen molar-refractivity contribution in [3.63, 3.8) is 0 Å². The molecule has 1 aromatic heterocycles. The van der Waals surface area contributed by atoms with Crippen LogP contribution in [-0.2, 0) is 0 Å². The fraction of sp³-hybridized carbons (Fsp3) is 0.375. The highest BCUT2D eigenvalue weighted by Gasteiger charge is 2.07. The van der Waals surface area contributed by atoms with Crippen LogP contribution in [0.3, 0.4) is 0 Å². The third-order valence-electron chi connectivity index (χ3n) is 1.73. The molecule has 0 saturated heterocycles. The van der Waals surface area contributed by atoms with Crippen molar-refractivity contribution in [2.45, 2.75) is 12.5 Å². The lowest BCUT2D eigenvalue weighted by molar-refractivity contribution is 0.276. The van der Waals surface area contributed by atoms with Crippen molar-refractivity contribution in [1.29, 1.82) is 0 Å². The number of nitrogens with zero attached hydrogens (tertiary/aromatic N) is 1. The third kappa shape index (κ3) is 1.93. The van der Waals surface area contributed by atoms with Gasteiger partial charge in [-0.05, 0) is 12.5 Å². The molecule has 1 heterocycles. The number of hydrogen-bond donors (Lipinski definition) is 3. The molecule has 0 aliphatic rings. The van der Waals surface area contributed by atoms with Crippen molar-refractivity contribution in [2.24, 2.45) is 5.73 Å². The number of aliphatic hydroxyl groups excluding tert-OH is 1. The molecule has 66 valence electrons. The van der Waals surface area contributed by atoms with E-state index in [2.05, 4.69) is 4.98 Å². The zero-order valence-electron chi connectivity index (χ0n) is 6.77. The fourth-order valence-electron chi connectivity index (χ4n) is 1.02. The minimum absolute atomic E-state index is 0.0650. The van der Waals surface area contributed by atoms with Gasteiger partial charge in [-0.15, -0.1) is 0 Å². The normalized spacial score (nSPS) is 12.8. The van der Waals surface area contributed by atoms with Gasteiger partial charge >= 0.3 is 0 Å². The van der Waals surface area contributed by atoms with Crippen molar-refractivity contribution in [2.75, 3.05) is 12.3 Å². The van der Waals surface area contributed by atoms with Gasteiger partial charge in [-0.1, -0.05) is 0 Å². The van der Waals surface area contributed by atoms with E-state index in [1.165, 1.54) is 0 Å². The minimum atomic E-state index is -0.219. The number of nitrogen functional groups attached to an aromatic ring is 1. The largest absolute Gasteiger partial charge is 0.398 e.